The number of hydrogen-bond acceptors (Lipinski definition) is 8. The van der Waals surface area contributed by atoms with Crippen molar-refractivity contribution in [3.63, 3.8) is 0 Å². The number of unbranched alkanes of at least 4 members (excludes halogenated alkanes) is 6. The van der Waals surface area contributed by atoms with Gasteiger partial charge in [0.05, 0.1) is 0 Å². The first-order chi connectivity index (χ1) is 29.4. The van der Waals surface area contributed by atoms with Crippen LogP contribution in [0.5, 0.6) is 23.0 Å². The largest absolute Gasteiger partial charge is 0.427 e. The van der Waals surface area contributed by atoms with Crippen molar-refractivity contribution in [3.8, 4) is 56.4 Å². The molecule has 6 aromatic carbocycles. The molecule has 0 aliphatic rings. The molecule has 8 nitrogen and oxygen atoms in total. The van der Waals surface area contributed by atoms with Gasteiger partial charge in [-0.05, 0) is 108 Å². The highest BCUT2D eigenvalue weighted by molar-refractivity contribution is 5.76. The van der Waals surface area contributed by atoms with Crippen LogP contribution in [0, 0.1) is 0 Å². The molecular formula is C52H50O8. The minimum atomic E-state index is -0.298. The Bertz CT molecular complexity index is 2120. The molecule has 0 aliphatic carbocycles. The molecule has 0 atom stereocenters. The molecule has 0 saturated heterocycles. The average Bonchev–Trinajstić information content (AvgIpc) is 3.27. The molecule has 0 amide bonds. The SMILES string of the molecule is O=C(CCCCCCC(=O)Oc1cccc(-c2ccccc2)c1)Oc1ccc(-c2ccc(OC(=O)CCCCCCC(=O)Oc3cccc(-c4ccccc4)c3)cc2)cc1. The third kappa shape index (κ3) is 14.2. The zero-order valence-corrected chi connectivity index (χ0v) is 33.8. The predicted octanol–water partition coefficient (Wildman–Crippen LogP) is 12.4. The van der Waals surface area contributed by atoms with Crippen LogP contribution < -0.4 is 18.9 Å². The Morgan fingerprint density at radius 1 is 0.267 bits per heavy atom. The van der Waals surface area contributed by atoms with Crippen molar-refractivity contribution in [2.24, 2.45) is 0 Å². The molecule has 0 N–H and O–H groups in total. The number of esters is 4. The molecular weight excluding hydrogens is 753 g/mol. The van der Waals surface area contributed by atoms with Crippen LogP contribution in [0.3, 0.4) is 0 Å². The Labute approximate surface area is 352 Å². The first-order valence-electron chi connectivity index (χ1n) is 20.7. The van der Waals surface area contributed by atoms with Gasteiger partial charge in [-0.25, -0.2) is 0 Å². The second-order valence-electron chi connectivity index (χ2n) is 14.6. The quantitative estimate of drug-likeness (QED) is 0.0402. The van der Waals surface area contributed by atoms with Crippen LogP contribution in [-0.2, 0) is 19.2 Å². The molecule has 0 aromatic heterocycles. The Hall–Kier alpha value is -6.80. The second-order valence-corrected chi connectivity index (χ2v) is 14.6. The molecule has 0 bridgehead atoms. The van der Waals surface area contributed by atoms with E-state index in [1.807, 2.05) is 121 Å². The minimum absolute atomic E-state index is 0.266. The number of ether oxygens (including phenoxy) is 4. The van der Waals surface area contributed by atoms with Crippen LogP contribution in [0.1, 0.15) is 77.0 Å². The standard InChI is InChI=1S/C52H50O8/c53-49(25-11-1-3-13-27-51(55)59-47-23-15-21-43(37-47)39-17-7-5-8-18-39)57-45-33-29-41(30-34-45)42-31-35-46(36-32-42)58-50(54)26-12-2-4-14-28-52(56)60-48-24-16-22-44(38-48)40-19-9-6-10-20-40/h5-10,15-24,29-38H,1-4,11-14,25-28H2. The van der Waals surface area contributed by atoms with Crippen molar-refractivity contribution in [1.29, 1.82) is 0 Å². The van der Waals surface area contributed by atoms with Gasteiger partial charge in [-0.3, -0.25) is 19.2 Å². The molecule has 0 aliphatic heterocycles. The molecule has 306 valence electrons. The Morgan fingerprint density at radius 3 is 0.883 bits per heavy atom. The molecule has 0 fully saturated rings. The lowest BCUT2D eigenvalue weighted by molar-refractivity contribution is -0.135. The summed E-state index contributed by atoms with van der Waals surface area (Å²) in [6.07, 6.45) is 7.18. The number of rotatable bonds is 21. The van der Waals surface area contributed by atoms with Crippen molar-refractivity contribution in [1.82, 2.24) is 0 Å². The maximum Gasteiger partial charge on any atom is 0.311 e. The highest BCUT2D eigenvalue weighted by atomic mass is 16.5. The Balaban J connectivity index is 0.798. The van der Waals surface area contributed by atoms with E-state index in [9.17, 15) is 19.2 Å². The van der Waals surface area contributed by atoms with Gasteiger partial charge >= 0.3 is 23.9 Å². The van der Waals surface area contributed by atoms with E-state index in [2.05, 4.69) is 0 Å². The second kappa shape index (κ2) is 23.0. The molecule has 60 heavy (non-hydrogen) atoms. The van der Waals surface area contributed by atoms with E-state index in [0.717, 1.165) is 59.1 Å². The van der Waals surface area contributed by atoms with E-state index in [-0.39, 0.29) is 23.9 Å². The summed E-state index contributed by atoms with van der Waals surface area (Å²) >= 11 is 0. The Kier molecular flexibility index (Phi) is 16.4. The van der Waals surface area contributed by atoms with Crippen LogP contribution in [0.2, 0.25) is 0 Å². The van der Waals surface area contributed by atoms with Gasteiger partial charge in [0.2, 0.25) is 0 Å². The summed E-state index contributed by atoms with van der Waals surface area (Å²) in [5.74, 6) is 0.877. The summed E-state index contributed by atoms with van der Waals surface area (Å²) in [6.45, 7) is 0. The van der Waals surface area contributed by atoms with Crippen molar-refractivity contribution in [2.45, 2.75) is 77.0 Å². The lowest BCUT2D eigenvalue weighted by Crippen LogP contribution is -2.08. The first kappa shape index (κ1) is 42.8. The van der Waals surface area contributed by atoms with Crippen LogP contribution in [0.25, 0.3) is 33.4 Å². The zero-order valence-electron chi connectivity index (χ0n) is 33.8. The van der Waals surface area contributed by atoms with Crippen molar-refractivity contribution >= 4 is 23.9 Å². The molecule has 0 saturated carbocycles. The number of hydrogen-bond donors (Lipinski definition) is 0. The van der Waals surface area contributed by atoms with E-state index in [1.54, 1.807) is 36.4 Å². The number of benzene rings is 6. The van der Waals surface area contributed by atoms with E-state index >= 15 is 0 Å². The summed E-state index contributed by atoms with van der Waals surface area (Å²) in [5.41, 5.74) is 5.97. The summed E-state index contributed by atoms with van der Waals surface area (Å²) in [7, 11) is 0. The molecule has 8 heteroatoms. The van der Waals surface area contributed by atoms with Crippen molar-refractivity contribution in [2.75, 3.05) is 0 Å². The lowest BCUT2D eigenvalue weighted by Gasteiger charge is -2.08. The molecule has 6 aromatic rings. The Morgan fingerprint density at radius 2 is 0.550 bits per heavy atom. The topological polar surface area (TPSA) is 105 Å². The number of carbonyl (C=O) groups excluding carboxylic acids is 4. The average molecular weight is 803 g/mol. The number of carbonyl (C=O) groups is 4. The minimum Gasteiger partial charge on any atom is -0.427 e. The molecule has 6 rings (SSSR count). The van der Waals surface area contributed by atoms with Crippen molar-refractivity contribution in [3.05, 3.63) is 158 Å². The molecule has 0 radical (unpaired) electrons. The predicted molar refractivity (Wildman–Crippen MR) is 234 cm³/mol. The van der Waals surface area contributed by atoms with Crippen LogP contribution in [0.15, 0.2) is 158 Å². The van der Waals surface area contributed by atoms with Gasteiger partial charge in [-0.1, -0.05) is 135 Å². The maximum atomic E-state index is 12.4. The van der Waals surface area contributed by atoms with E-state index in [0.29, 0.717) is 74.4 Å². The summed E-state index contributed by atoms with van der Waals surface area (Å²) in [6, 6.07) is 49.5. The lowest BCUT2D eigenvalue weighted by atomic mass is 10.1. The summed E-state index contributed by atoms with van der Waals surface area (Å²) in [4.78, 5) is 49.7. The summed E-state index contributed by atoms with van der Waals surface area (Å²) in [5, 5.41) is 0. The zero-order chi connectivity index (χ0) is 41.8. The maximum absolute atomic E-state index is 12.4. The van der Waals surface area contributed by atoms with Gasteiger partial charge in [0.1, 0.15) is 23.0 Å². The molecule has 0 spiro atoms. The van der Waals surface area contributed by atoms with Gasteiger partial charge in [-0.15, -0.1) is 0 Å². The van der Waals surface area contributed by atoms with Gasteiger partial charge in [0.15, 0.2) is 0 Å². The first-order valence-corrected chi connectivity index (χ1v) is 20.7. The highest BCUT2D eigenvalue weighted by Gasteiger charge is 2.11. The summed E-state index contributed by atoms with van der Waals surface area (Å²) < 4.78 is 22.2. The normalized spacial score (nSPS) is 10.7. The fraction of sp³-hybridized carbons (Fsp3) is 0.231. The van der Waals surface area contributed by atoms with E-state index in [1.165, 1.54) is 0 Å². The molecule has 0 unspecified atom stereocenters. The highest BCUT2D eigenvalue weighted by Crippen LogP contribution is 2.27. The van der Waals surface area contributed by atoms with E-state index in [4.69, 9.17) is 18.9 Å². The smallest absolute Gasteiger partial charge is 0.311 e. The van der Waals surface area contributed by atoms with Crippen LogP contribution in [0.4, 0.5) is 0 Å². The third-order valence-electron chi connectivity index (χ3n) is 9.87. The van der Waals surface area contributed by atoms with Crippen LogP contribution >= 0.6 is 0 Å². The fourth-order valence-electron chi connectivity index (χ4n) is 6.68. The monoisotopic (exact) mass is 802 g/mol. The van der Waals surface area contributed by atoms with E-state index < -0.39 is 0 Å². The molecule has 0 heterocycles. The third-order valence-corrected chi connectivity index (χ3v) is 9.87. The van der Waals surface area contributed by atoms with Gasteiger partial charge in [-0.2, -0.15) is 0 Å². The fourth-order valence-corrected chi connectivity index (χ4v) is 6.68. The van der Waals surface area contributed by atoms with Gasteiger partial charge < -0.3 is 18.9 Å². The van der Waals surface area contributed by atoms with Crippen molar-refractivity contribution < 1.29 is 38.1 Å². The van der Waals surface area contributed by atoms with Gasteiger partial charge in [0.25, 0.3) is 0 Å². The van der Waals surface area contributed by atoms with Crippen LogP contribution in [-0.4, -0.2) is 23.9 Å². The van der Waals surface area contributed by atoms with Gasteiger partial charge in [0, 0.05) is 25.7 Å².